The van der Waals surface area contributed by atoms with Crippen LogP contribution in [0.2, 0.25) is 0 Å². The number of carbonyl (C=O) groups excluding carboxylic acids is 1. The number of non-ortho nitro benzene ring substituents is 1. The minimum Gasteiger partial charge on any atom is -0.373 e. The first-order chi connectivity index (χ1) is 17.8. The molecule has 1 saturated heterocycles. The van der Waals surface area contributed by atoms with Gasteiger partial charge in [-0.1, -0.05) is 51.6 Å². The molecule has 0 spiro atoms. The molecule has 0 radical (unpaired) electrons. The van der Waals surface area contributed by atoms with Crippen LogP contribution in [0.3, 0.4) is 0 Å². The number of amides is 1. The van der Waals surface area contributed by atoms with Crippen molar-refractivity contribution in [3.8, 4) is 0 Å². The van der Waals surface area contributed by atoms with Crippen molar-refractivity contribution in [2.24, 2.45) is 5.41 Å². The third-order valence-electron chi connectivity index (χ3n) is 7.08. The number of rotatable bonds is 9. The Bertz CT molecular complexity index is 1120. The van der Waals surface area contributed by atoms with Crippen molar-refractivity contribution in [3.63, 3.8) is 0 Å². The summed E-state index contributed by atoms with van der Waals surface area (Å²) in [7, 11) is 0. The van der Waals surface area contributed by atoms with E-state index < -0.39 is 0 Å². The molecule has 0 aromatic heterocycles. The van der Waals surface area contributed by atoms with Gasteiger partial charge in [0, 0.05) is 61.7 Å². The molecule has 1 heterocycles. The molecule has 0 saturated carbocycles. The normalized spacial score (nSPS) is 15.6. The fourth-order valence-corrected chi connectivity index (χ4v) is 5.47. The van der Waals surface area contributed by atoms with Crippen LogP contribution in [0.4, 0.5) is 5.69 Å². The highest BCUT2D eigenvalue weighted by molar-refractivity contribution is 5.94. The maximum absolute atomic E-state index is 13.2. The maximum atomic E-state index is 13.2. The summed E-state index contributed by atoms with van der Waals surface area (Å²) in [4.78, 5) is 31.1. The predicted octanol–water partition coefficient (Wildman–Crippen LogP) is 6.51. The largest absolute Gasteiger partial charge is 0.373 e. The van der Waals surface area contributed by atoms with Gasteiger partial charge in [-0.15, -0.1) is 0 Å². The molecule has 2 aromatic carbocycles. The van der Waals surface area contributed by atoms with Gasteiger partial charge in [-0.05, 0) is 62.8 Å². The second kappa shape index (κ2) is 12.1. The van der Waals surface area contributed by atoms with Gasteiger partial charge in [-0.3, -0.25) is 19.8 Å². The van der Waals surface area contributed by atoms with E-state index in [9.17, 15) is 14.9 Å². The van der Waals surface area contributed by atoms with Crippen molar-refractivity contribution < 1.29 is 9.72 Å². The minimum absolute atomic E-state index is 0.0134. The summed E-state index contributed by atoms with van der Waals surface area (Å²) >= 11 is 0. The zero-order valence-electron chi connectivity index (χ0n) is 24.1. The van der Waals surface area contributed by atoms with Crippen LogP contribution in [-0.4, -0.2) is 63.8 Å². The average Bonchev–Trinajstić information content (AvgIpc) is 2.83. The van der Waals surface area contributed by atoms with Crippen LogP contribution in [0.25, 0.3) is 0 Å². The number of hydrogen-bond acceptors (Lipinski definition) is 5. The summed E-state index contributed by atoms with van der Waals surface area (Å²) in [5.41, 5.74) is 3.97. The summed E-state index contributed by atoms with van der Waals surface area (Å²) in [5.74, 6) is 0.0134. The SMILES string of the molecule is C=C(CC(C)(C)C)N1CCN(C(c2ccc(C(=O)N(C(C)C)C(C)C)cc2)c2cccc([N+](=O)[O-])c2)CC1. The van der Waals surface area contributed by atoms with E-state index in [2.05, 4.69) is 37.1 Å². The average molecular weight is 521 g/mol. The molecule has 1 fully saturated rings. The molecule has 0 aliphatic carbocycles. The molecule has 1 aliphatic heterocycles. The molecule has 0 N–H and O–H groups in total. The van der Waals surface area contributed by atoms with Gasteiger partial charge in [0.25, 0.3) is 11.6 Å². The monoisotopic (exact) mass is 520 g/mol. The van der Waals surface area contributed by atoms with E-state index in [1.165, 1.54) is 6.07 Å². The fourth-order valence-electron chi connectivity index (χ4n) is 5.47. The standard InChI is InChI=1S/C31H44N4O3/c1-22(2)34(23(3)4)30(36)26-14-12-25(13-15-26)29(27-10-9-11-28(20-27)35(37)38)33-18-16-32(17-19-33)24(5)21-31(6,7)8/h9-15,20,22-23,29H,5,16-19,21H2,1-4,6-8H3. The number of nitro benzene ring substituents is 1. The molecule has 38 heavy (non-hydrogen) atoms. The first-order valence-corrected chi connectivity index (χ1v) is 13.6. The number of allylic oxidation sites excluding steroid dienone is 1. The molecule has 1 unspecified atom stereocenters. The van der Waals surface area contributed by atoms with Crippen molar-refractivity contribution in [2.45, 2.75) is 73.0 Å². The van der Waals surface area contributed by atoms with Crippen molar-refractivity contribution in [1.29, 1.82) is 0 Å². The second-order valence-corrected chi connectivity index (χ2v) is 12.1. The molecule has 7 heteroatoms. The topological polar surface area (TPSA) is 69.9 Å². The van der Waals surface area contributed by atoms with Gasteiger partial charge in [0.2, 0.25) is 0 Å². The molecular weight excluding hydrogens is 476 g/mol. The van der Waals surface area contributed by atoms with E-state index in [0.717, 1.165) is 49.4 Å². The number of nitro groups is 1. The van der Waals surface area contributed by atoms with Crippen LogP contribution in [0.5, 0.6) is 0 Å². The zero-order chi connectivity index (χ0) is 28.2. The smallest absolute Gasteiger partial charge is 0.269 e. The molecule has 1 aliphatic rings. The number of piperazine rings is 1. The lowest BCUT2D eigenvalue weighted by molar-refractivity contribution is -0.384. The van der Waals surface area contributed by atoms with Crippen LogP contribution in [0, 0.1) is 15.5 Å². The van der Waals surface area contributed by atoms with E-state index >= 15 is 0 Å². The van der Waals surface area contributed by atoms with Crippen LogP contribution in [0.15, 0.2) is 60.8 Å². The summed E-state index contributed by atoms with van der Waals surface area (Å²) in [6.07, 6.45) is 0.945. The Hall–Kier alpha value is -3.19. The summed E-state index contributed by atoms with van der Waals surface area (Å²) in [6, 6.07) is 14.8. The lowest BCUT2D eigenvalue weighted by Gasteiger charge is -2.42. The molecule has 7 nitrogen and oxygen atoms in total. The third-order valence-corrected chi connectivity index (χ3v) is 7.08. The number of benzene rings is 2. The van der Waals surface area contributed by atoms with Crippen molar-refractivity contribution in [1.82, 2.24) is 14.7 Å². The fraction of sp³-hybridized carbons (Fsp3) is 0.516. The van der Waals surface area contributed by atoms with E-state index in [1.807, 2.05) is 62.9 Å². The lowest BCUT2D eigenvalue weighted by Crippen LogP contribution is -2.47. The van der Waals surface area contributed by atoms with Gasteiger partial charge >= 0.3 is 0 Å². The maximum Gasteiger partial charge on any atom is 0.269 e. The molecule has 1 atom stereocenters. The number of nitrogens with zero attached hydrogens (tertiary/aromatic N) is 4. The van der Waals surface area contributed by atoms with Gasteiger partial charge in [0.1, 0.15) is 0 Å². The summed E-state index contributed by atoms with van der Waals surface area (Å²) in [6.45, 7) is 22.5. The number of hydrogen-bond donors (Lipinski definition) is 0. The highest BCUT2D eigenvalue weighted by Gasteiger charge is 2.29. The Balaban J connectivity index is 1.90. The van der Waals surface area contributed by atoms with E-state index in [1.54, 1.807) is 12.1 Å². The predicted molar refractivity (Wildman–Crippen MR) is 154 cm³/mol. The van der Waals surface area contributed by atoms with Crippen molar-refractivity contribution in [3.05, 3.63) is 87.6 Å². The molecule has 0 bridgehead atoms. The van der Waals surface area contributed by atoms with Crippen molar-refractivity contribution in [2.75, 3.05) is 26.2 Å². The van der Waals surface area contributed by atoms with Gasteiger partial charge in [0.05, 0.1) is 11.0 Å². The Morgan fingerprint density at radius 3 is 2.05 bits per heavy atom. The number of carbonyl (C=O) groups is 1. The first kappa shape index (κ1) is 29.4. The molecule has 2 aromatic rings. The van der Waals surface area contributed by atoms with Crippen LogP contribution in [0.1, 0.15) is 82.4 Å². The zero-order valence-corrected chi connectivity index (χ0v) is 24.1. The van der Waals surface area contributed by atoms with Crippen LogP contribution >= 0.6 is 0 Å². The Morgan fingerprint density at radius 2 is 1.55 bits per heavy atom. The van der Waals surface area contributed by atoms with E-state index in [0.29, 0.717) is 5.56 Å². The highest BCUT2D eigenvalue weighted by atomic mass is 16.6. The summed E-state index contributed by atoms with van der Waals surface area (Å²) in [5, 5.41) is 11.5. The van der Waals surface area contributed by atoms with E-state index in [4.69, 9.17) is 0 Å². The van der Waals surface area contributed by atoms with Crippen LogP contribution in [-0.2, 0) is 0 Å². The lowest BCUT2D eigenvalue weighted by atomic mass is 9.90. The van der Waals surface area contributed by atoms with Crippen LogP contribution < -0.4 is 0 Å². The Morgan fingerprint density at radius 1 is 0.974 bits per heavy atom. The van der Waals surface area contributed by atoms with Gasteiger partial charge in [-0.25, -0.2) is 0 Å². The molecule has 3 rings (SSSR count). The Kier molecular flexibility index (Phi) is 9.36. The van der Waals surface area contributed by atoms with E-state index in [-0.39, 0.29) is 40.1 Å². The van der Waals surface area contributed by atoms with Crippen molar-refractivity contribution >= 4 is 11.6 Å². The third kappa shape index (κ3) is 7.22. The highest BCUT2D eigenvalue weighted by Crippen LogP contribution is 2.33. The molecule has 1 amide bonds. The quantitative estimate of drug-likeness (QED) is 0.278. The Labute approximate surface area is 228 Å². The molecular formula is C31H44N4O3. The second-order valence-electron chi connectivity index (χ2n) is 12.1. The minimum atomic E-state index is -0.344. The summed E-state index contributed by atoms with van der Waals surface area (Å²) < 4.78 is 0. The van der Waals surface area contributed by atoms with Gasteiger partial charge in [-0.2, -0.15) is 0 Å². The van der Waals surface area contributed by atoms with Gasteiger partial charge < -0.3 is 9.80 Å². The molecule has 206 valence electrons. The first-order valence-electron chi connectivity index (χ1n) is 13.6. The van der Waals surface area contributed by atoms with Gasteiger partial charge in [0.15, 0.2) is 0 Å².